The summed E-state index contributed by atoms with van der Waals surface area (Å²) in [7, 11) is 0. The molecule has 2 atom stereocenters. The molecule has 1 amide bonds. The van der Waals surface area contributed by atoms with Gasteiger partial charge in [-0.2, -0.15) is 0 Å². The van der Waals surface area contributed by atoms with Crippen LogP contribution in [0.15, 0.2) is 53.7 Å². The van der Waals surface area contributed by atoms with Crippen molar-refractivity contribution in [1.82, 2.24) is 14.8 Å². The molecule has 0 unspecified atom stereocenters. The first-order valence-electron chi connectivity index (χ1n) is 9.73. The standard InChI is InChI=1S/C22H23ClN4OS/c1-3-27-21(18-12-17(18)15-8-10-16(23)11-9-15)25-26-22(27)29-13-20(28)24-19-7-5-4-6-14(19)2/h4-11,17-18H,3,12-13H2,1-2H3,(H,24,28)/t17-,18+/m0/s1. The largest absolute Gasteiger partial charge is 0.325 e. The highest BCUT2D eigenvalue weighted by Gasteiger charge is 2.43. The number of aryl methyl sites for hydroxylation is 1. The Kier molecular flexibility index (Phi) is 5.92. The van der Waals surface area contributed by atoms with Crippen molar-refractivity contribution in [1.29, 1.82) is 0 Å². The van der Waals surface area contributed by atoms with Gasteiger partial charge in [-0.15, -0.1) is 10.2 Å². The number of amides is 1. The lowest BCUT2D eigenvalue weighted by Gasteiger charge is -2.09. The Morgan fingerprint density at radius 1 is 1.17 bits per heavy atom. The molecular weight excluding hydrogens is 404 g/mol. The van der Waals surface area contributed by atoms with E-state index < -0.39 is 0 Å². The molecule has 5 nitrogen and oxygen atoms in total. The van der Waals surface area contributed by atoms with Crippen LogP contribution in [-0.2, 0) is 11.3 Å². The molecule has 1 aliphatic carbocycles. The number of rotatable bonds is 7. The molecule has 150 valence electrons. The Morgan fingerprint density at radius 3 is 2.66 bits per heavy atom. The van der Waals surface area contributed by atoms with Gasteiger partial charge in [0.2, 0.25) is 5.91 Å². The predicted molar refractivity (Wildman–Crippen MR) is 118 cm³/mol. The fourth-order valence-electron chi connectivity index (χ4n) is 3.57. The third-order valence-electron chi connectivity index (χ3n) is 5.23. The molecule has 1 N–H and O–H groups in total. The fourth-order valence-corrected chi connectivity index (χ4v) is 4.50. The number of nitrogens with one attached hydrogen (secondary N) is 1. The van der Waals surface area contributed by atoms with Crippen LogP contribution in [0.3, 0.4) is 0 Å². The van der Waals surface area contributed by atoms with E-state index in [1.807, 2.05) is 43.3 Å². The maximum absolute atomic E-state index is 12.4. The van der Waals surface area contributed by atoms with E-state index in [4.69, 9.17) is 11.6 Å². The van der Waals surface area contributed by atoms with E-state index in [2.05, 4.69) is 39.1 Å². The molecule has 0 radical (unpaired) electrons. The minimum absolute atomic E-state index is 0.0398. The van der Waals surface area contributed by atoms with Gasteiger partial charge in [0.25, 0.3) is 0 Å². The monoisotopic (exact) mass is 426 g/mol. The number of anilines is 1. The first-order chi connectivity index (χ1) is 14.1. The lowest BCUT2D eigenvalue weighted by Crippen LogP contribution is -2.15. The van der Waals surface area contributed by atoms with E-state index >= 15 is 0 Å². The summed E-state index contributed by atoms with van der Waals surface area (Å²) in [5.41, 5.74) is 3.18. The number of benzene rings is 2. The average molecular weight is 427 g/mol. The quantitative estimate of drug-likeness (QED) is 0.523. The molecule has 0 saturated heterocycles. The molecule has 1 fully saturated rings. The summed E-state index contributed by atoms with van der Waals surface area (Å²) < 4.78 is 2.13. The van der Waals surface area contributed by atoms with Crippen LogP contribution in [-0.4, -0.2) is 26.4 Å². The van der Waals surface area contributed by atoms with Gasteiger partial charge in [0.15, 0.2) is 5.16 Å². The van der Waals surface area contributed by atoms with Crippen LogP contribution in [0, 0.1) is 6.92 Å². The molecular formula is C22H23ClN4OS. The summed E-state index contributed by atoms with van der Waals surface area (Å²) >= 11 is 7.43. The second kappa shape index (κ2) is 8.59. The highest BCUT2D eigenvalue weighted by molar-refractivity contribution is 7.99. The van der Waals surface area contributed by atoms with Gasteiger partial charge in [0.1, 0.15) is 5.82 Å². The summed E-state index contributed by atoms with van der Waals surface area (Å²) in [4.78, 5) is 12.4. The van der Waals surface area contributed by atoms with Crippen LogP contribution in [0.25, 0.3) is 0 Å². The Labute approximate surface area is 179 Å². The molecule has 1 aliphatic rings. The van der Waals surface area contributed by atoms with Crippen molar-refractivity contribution in [3.63, 3.8) is 0 Å². The third-order valence-corrected chi connectivity index (χ3v) is 6.45. The van der Waals surface area contributed by atoms with Gasteiger partial charge in [-0.25, -0.2) is 0 Å². The SMILES string of the molecule is CCn1c(SCC(=O)Nc2ccccc2C)nnc1[C@@H]1C[C@H]1c1ccc(Cl)cc1. The molecule has 29 heavy (non-hydrogen) atoms. The number of halogens is 1. The Balaban J connectivity index is 1.40. The first kappa shape index (κ1) is 20.0. The minimum Gasteiger partial charge on any atom is -0.325 e. The van der Waals surface area contributed by atoms with Gasteiger partial charge < -0.3 is 9.88 Å². The number of para-hydroxylation sites is 1. The zero-order valence-corrected chi connectivity index (χ0v) is 18.0. The number of thioether (sulfide) groups is 1. The van der Waals surface area contributed by atoms with Crippen molar-refractivity contribution in [3.8, 4) is 0 Å². The maximum Gasteiger partial charge on any atom is 0.234 e. The summed E-state index contributed by atoms with van der Waals surface area (Å²) in [5.74, 6) is 2.11. The fraction of sp³-hybridized carbons (Fsp3) is 0.318. The topological polar surface area (TPSA) is 59.8 Å². The number of aromatic nitrogens is 3. The normalized spacial score (nSPS) is 17.9. The van der Waals surface area contributed by atoms with Gasteiger partial charge >= 0.3 is 0 Å². The smallest absolute Gasteiger partial charge is 0.234 e. The average Bonchev–Trinajstić information content (AvgIpc) is 3.40. The molecule has 0 aliphatic heterocycles. The van der Waals surface area contributed by atoms with Gasteiger partial charge in [-0.05, 0) is 55.5 Å². The van der Waals surface area contributed by atoms with Crippen molar-refractivity contribution < 1.29 is 4.79 Å². The summed E-state index contributed by atoms with van der Waals surface area (Å²) in [6, 6.07) is 15.8. The number of nitrogens with zero attached hydrogens (tertiary/aromatic N) is 3. The molecule has 3 aromatic rings. The molecule has 0 spiro atoms. The van der Waals surface area contributed by atoms with Crippen LogP contribution < -0.4 is 5.32 Å². The van der Waals surface area contributed by atoms with Crippen LogP contribution >= 0.6 is 23.4 Å². The van der Waals surface area contributed by atoms with E-state index in [9.17, 15) is 4.79 Å². The third kappa shape index (κ3) is 4.49. The minimum atomic E-state index is -0.0398. The Bertz CT molecular complexity index is 1020. The number of hydrogen-bond acceptors (Lipinski definition) is 4. The summed E-state index contributed by atoms with van der Waals surface area (Å²) in [5, 5.41) is 13.3. The highest BCUT2D eigenvalue weighted by atomic mass is 35.5. The van der Waals surface area contributed by atoms with Gasteiger partial charge in [-0.1, -0.05) is 53.7 Å². The van der Waals surface area contributed by atoms with E-state index in [0.717, 1.165) is 40.2 Å². The molecule has 0 bridgehead atoms. The Hall–Kier alpha value is -2.31. The van der Waals surface area contributed by atoms with Gasteiger partial charge in [0.05, 0.1) is 5.75 Å². The van der Waals surface area contributed by atoms with Crippen molar-refractivity contribution in [2.24, 2.45) is 0 Å². The number of carbonyl (C=O) groups excluding carboxylic acids is 1. The van der Waals surface area contributed by atoms with Crippen LogP contribution in [0.5, 0.6) is 0 Å². The second-order valence-electron chi connectivity index (χ2n) is 7.24. The molecule has 7 heteroatoms. The number of carbonyl (C=O) groups is 1. The summed E-state index contributed by atoms with van der Waals surface area (Å²) in [6.07, 6.45) is 1.07. The van der Waals surface area contributed by atoms with Gasteiger partial charge in [-0.3, -0.25) is 4.79 Å². The van der Waals surface area contributed by atoms with Crippen LogP contribution in [0.1, 0.15) is 42.1 Å². The van der Waals surface area contributed by atoms with E-state index in [1.165, 1.54) is 17.3 Å². The molecule has 1 aromatic heterocycles. The predicted octanol–water partition coefficient (Wildman–Crippen LogP) is 5.26. The van der Waals surface area contributed by atoms with Gasteiger partial charge in [0, 0.05) is 23.2 Å². The molecule has 1 saturated carbocycles. The molecule has 4 rings (SSSR count). The number of hydrogen-bond donors (Lipinski definition) is 1. The first-order valence-corrected chi connectivity index (χ1v) is 11.1. The second-order valence-corrected chi connectivity index (χ2v) is 8.62. The highest BCUT2D eigenvalue weighted by Crippen LogP contribution is 2.54. The van der Waals surface area contributed by atoms with Crippen LogP contribution in [0.2, 0.25) is 5.02 Å². The van der Waals surface area contributed by atoms with E-state index in [-0.39, 0.29) is 5.91 Å². The van der Waals surface area contributed by atoms with E-state index in [0.29, 0.717) is 17.6 Å². The molecule has 2 aromatic carbocycles. The zero-order chi connectivity index (χ0) is 20.4. The van der Waals surface area contributed by atoms with Crippen molar-refractivity contribution in [2.45, 2.75) is 43.8 Å². The Morgan fingerprint density at radius 2 is 1.93 bits per heavy atom. The lowest BCUT2D eigenvalue weighted by molar-refractivity contribution is -0.113. The molecule has 1 heterocycles. The van der Waals surface area contributed by atoms with E-state index in [1.54, 1.807) is 0 Å². The lowest BCUT2D eigenvalue weighted by atomic mass is 10.1. The van der Waals surface area contributed by atoms with Crippen molar-refractivity contribution in [3.05, 3.63) is 70.5 Å². The summed E-state index contributed by atoms with van der Waals surface area (Å²) in [6.45, 7) is 4.85. The zero-order valence-electron chi connectivity index (χ0n) is 16.4. The van der Waals surface area contributed by atoms with Crippen molar-refractivity contribution >= 4 is 35.0 Å². The maximum atomic E-state index is 12.4. The van der Waals surface area contributed by atoms with Crippen LogP contribution in [0.4, 0.5) is 5.69 Å². The van der Waals surface area contributed by atoms with Crippen molar-refractivity contribution in [2.75, 3.05) is 11.1 Å².